The Morgan fingerprint density at radius 2 is 0.860 bits per heavy atom. The fourth-order valence-electron chi connectivity index (χ4n) is 9.57. The van der Waals surface area contributed by atoms with Crippen LogP contribution in [0.5, 0.6) is 11.5 Å². The molecule has 57 heavy (non-hydrogen) atoms. The van der Waals surface area contributed by atoms with Gasteiger partial charge in [-0.25, -0.2) is 0 Å². The van der Waals surface area contributed by atoms with Crippen LogP contribution in [0.4, 0.5) is 0 Å². The number of aromatic nitrogens is 1. The second-order valence-corrected chi connectivity index (χ2v) is 18.2. The van der Waals surface area contributed by atoms with Crippen molar-refractivity contribution in [2.24, 2.45) is 0 Å². The maximum atomic E-state index is 12.4. The van der Waals surface area contributed by atoms with Crippen molar-refractivity contribution in [2.45, 2.75) is 58.2 Å². The van der Waals surface area contributed by atoms with Gasteiger partial charge in [0.15, 0.2) is 0 Å². The van der Waals surface area contributed by atoms with Crippen molar-refractivity contribution in [1.82, 2.24) is 9.88 Å². The van der Waals surface area contributed by atoms with E-state index in [2.05, 4.69) is 154 Å². The first-order chi connectivity index (χ1) is 27.6. The minimum atomic E-state index is -0.556. The van der Waals surface area contributed by atoms with Gasteiger partial charge >= 0.3 is 35.6 Å². The summed E-state index contributed by atoms with van der Waals surface area (Å²) in [4.78, 5) is 6.99. The summed E-state index contributed by atoms with van der Waals surface area (Å²) in [5.74, 6) is 0.614. The molecule has 0 unspecified atom stereocenters. The molecule has 7 aromatic rings. The maximum absolute atomic E-state index is 12.4. The molecule has 0 radical (unpaired) electrons. The van der Waals surface area contributed by atoms with E-state index in [-0.39, 0.29) is 0 Å². The SMILES string of the molecule is Cc1cc(CN(Cc2ccccn2)Cc2cc(C)cc(C3(C)c4ccccc4-c4ccccc43)c2O)c(O)c(C2(C)c3ccccc3-c3ccccc32)c1.[Cl][Ti][Cl]. The van der Waals surface area contributed by atoms with E-state index in [4.69, 9.17) is 23.6 Å². The number of phenols is 2. The van der Waals surface area contributed by atoms with Crippen molar-refractivity contribution in [3.8, 4) is 33.8 Å². The molecule has 2 N–H and O–H groups in total. The minimum absolute atomic E-state index is 0.307. The average molecular weight is 824 g/mol. The molecule has 0 amide bonds. The predicted molar refractivity (Wildman–Crippen MR) is 229 cm³/mol. The van der Waals surface area contributed by atoms with Gasteiger partial charge in [-0.15, -0.1) is 0 Å². The second-order valence-electron chi connectivity index (χ2n) is 15.6. The van der Waals surface area contributed by atoms with E-state index in [1.54, 1.807) is 0 Å². The zero-order valence-corrected chi connectivity index (χ0v) is 35.6. The number of benzene rings is 6. The fourth-order valence-corrected chi connectivity index (χ4v) is 9.57. The molecule has 0 fully saturated rings. The summed E-state index contributed by atoms with van der Waals surface area (Å²) in [6, 6.07) is 48.8. The summed E-state index contributed by atoms with van der Waals surface area (Å²) < 4.78 is 0. The van der Waals surface area contributed by atoms with Crippen LogP contribution in [0.1, 0.15) is 75.2 Å². The molecule has 0 spiro atoms. The van der Waals surface area contributed by atoms with E-state index in [1.807, 2.05) is 24.4 Å². The van der Waals surface area contributed by atoms with E-state index < -0.39 is 27.9 Å². The molecule has 9 rings (SSSR count). The number of hydrogen-bond acceptors (Lipinski definition) is 4. The molecular formula is C50H44Cl2N2O2Ti. The summed E-state index contributed by atoms with van der Waals surface area (Å²) in [6.45, 7) is 10.2. The molecule has 1 aromatic heterocycles. The average Bonchev–Trinajstić information content (AvgIpc) is 3.64. The van der Waals surface area contributed by atoms with Gasteiger partial charge < -0.3 is 10.2 Å². The summed E-state index contributed by atoms with van der Waals surface area (Å²) in [6.07, 6.45) is 1.82. The molecule has 2 aliphatic rings. The van der Waals surface area contributed by atoms with Crippen molar-refractivity contribution in [2.75, 3.05) is 0 Å². The van der Waals surface area contributed by atoms with Crippen LogP contribution in [0.2, 0.25) is 0 Å². The van der Waals surface area contributed by atoms with Crippen LogP contribution in [0.3, 0.4) is 0 Å². The Hall–Kier alpha value is -4.68. The van der Waals surface area contributed by atoms with E-state index in [1.165, 1.54) is 44.5 Å². The van der Waals surface area contributed by atoms with E-state index >= 15 is 0 Å². The van der Waals surface area contributed by atoms with E-state index in [0.717, 1.165) is 39.1 Å². The van der Waals surface area contributed by atoms with Crippen LogP contribution < -0.4 is 0 Å². The first-order valence-electron chi connectivity index (χ1n) is 19.2. The van der Waals surface area contributed by atoms with Crippen LogP contribution in [-0.2, 0) is 47.5 Å². The molecule has 7 heteroatoms. The van der Waals surface area contributed by atoms with Crippen molar-refractivity contribution in [1.29, 1.82) is 0 Å². The Balaban J connectivity index is 0.00000147. The van der Waals surface area contributed by atoms with E-state index in [9.17, 15) is 10.2 Å². The van der Waals surface area contributed by atoms with Crippen molar-refractivity contribution in [3.63, 3.8) is 0 Å². The number of nitrogens with zero attached hydrogens (tertiary/aromatic N) is 2. The van der Waals surface area contributed by atoms with Gasteiger partial charge in [-0.1, -0.05) is 139 Å². The molecular weight excluding hydrogens is 779 g/mol. The number of fused-ring (bicyclic) bond motifs is 6. The van der Waals surface area contributed by atoms with Gasteiger partial charge in [-0.3, -0.25) is 9.88 Å². The molecule has 0 saturated carbocycles. The van der Waals surface area contributed by atoms with Crippen LogP contribution in [0, 0.1) is 13.8 Å². The molecule has 284 valence electrons. The van der Waals surface area contributed by atoms with Crippen LogP contribution in [-0.4, -0.2) is 20.1 Å². The van der Waals surface area contributed by atoms with Crippen molar-refractivity contribution in [3.05, 3.63) is 207 Å². The number of aryl methyl sites for hydroxylation is 2. The van der Waals surface area contributed by atoms with Gasteiger partial charge in [-0.05, 0) is 84.3 Å². The summed E-state index contributed by atoms with van der Waals surface area (Å²) in [5, 5.41) is 24.8. The van der Waals surface area contributed by atoms with Crippen LogP contribution in [0.15, 0.2) is 146 Å². The second kappa shape index (κ2) is 15.9. The molecule has 0 bridgehead atoms. The molecule has 4 nitrogen and oxygen atoms in total. The number of rotatable bonds is 8. The summed E-state index contributed by atoms with van der Waals surface area (Å²) >= 11 is -0.556. The fraction of sp³-hybridized carbons (Fsp3) is 0.180. The third-order valence-electron chi connectivity index (χ3n) is 12.1. The number of hydrogen-bond donors (Lipinski definition) is 2. The summed E-state index contributed by atoms with van der Waals surface area (Å²) in [7, 11) is 9.78. The monoisotopic (exact) mass is 822 g/mol. The van der Waals surface area contributed by atoms with Gasteiger partial charge in [0.1, 0.15) is 11.5 Å². The van der Waals surface area contributed by atoms with Gasteiger partial charge in [0.2, 0.25) is 0 Å². The van der Waals surface area contributed by atoms with Gasteiger partial charge in [0.05, 0.1) is 5.69 Å². The molecule has 2 aliphatic carbocycles. The first-order valence-corrected chi connectivity index (χ1v) is 23.5. The Labute approximate surface area is 352 Å². The third-order valence-corrected chi connectivity index (χ3v) is 12.1. The van der Waals surface area contributed by atoms with Gasteiger partial charge in [0.25, 0.3) is 0 Å². The zero-order chi connectivity index (χ0) is 39.9. The topological polar surface area (TPSA) is 56.6 Å². The third kappa shape index (κ3) is 6.82. The number of halogens is 2. The number of pyridine rings is 1. The van der Waals surface area contributed by atoms with Crippen LogP contribution >= 0.6 is 18.6 Å². The van der Waals surface area contributed by atoms with Crippen molar-refractivity contribution >= 4 is 18.6 Å². The van der Waals surface area contributed by atoms with Gasteiger partial charge in [0, 0.05) is 58.9 Å². The van der Waals surface area contributed by atoms with E-state index in [0.29, 0.717) is 31.1 Å². The Morgan fingerprint density at radius 3 is 1.21 bits per heavy atom. The normalized spacial score (nSPS) is 13.9. The quantitative estimate of drug-likeness (QED) is 0.150. The molecule has 1 heterocycles. The molecule has 0 aliphatic heterocycles. The summed E-state index contributed by atoms with van der Waals surface area (Å²) in [5.41, 5.74) is 15.2. The Bertz CT molecular complexity index is 2360. The first kappa shape index (κ1) is 39.2. The zero-order valence-electron chi connectivity index (χ0n) is 32.5. The molecule has 6 aromatic carbocycles. The standard InChI is InChI=1S/C50H44N2O2.2ClH.Ti/c1-32-25-34(47(53)45(27-32)49(3)41-20-9-5-16-37(41)38-17-6-10-21-42(38)49)29-52(31-36-15-13-14-24-51-36)30-35-26-33(2)28-46(48(35)54)50(4)43-22-11-7-18-39(43)40-19-8-12-23-44(40)50;;;/h5-28,53-54H,29-31H2,1-4H3;2*1H;/q;;;+2/p-2. The molecule has 0 atom stereocenters. The Kier molecular flexibility index (Phi) is 10.9. The van der Waals surface area contributed by atoms with Crippen molar-refractivity contribution < 1.29 is 27.2 Å². The van der Waals surface area contributed by atoms with Gasteiger partial charge in [-0.2, -0.15) is 0 Å². The number of aromatic hydroxyl groups is 2. The van der Waals surface area contributed by atoms with Crippen LogP contribution in [0.25, 0.3) is 22.3 Å². The predicted octanol–water partition coefficient (Wildman–Crippen LogP) is 12.4. The molecule has 0 saturated heterocycles. The number of phenolic OH excluding ortho intramolecular Hbond substituents is 2. The Morgan fingerprint density at radius 1 is 0.509 bits per heavy atom.